The Hall–Kier alpha value is -1.93. The van der Waals surface area contributed by atoms with Crippen LogP contribution in [0.25, 0.3) is 32.8 Å². The quantitative estimate of drug-likeness (QED) is 0.455. The summed E-state index contributed by atoms with van der Waals surface area (Å²) in [5.41, 5.74) is 4.43. The lowest BCUT2D eigenvalue weighted by atomic mass is 10.2. The highest BCUT2D eigenvalue weighted by Gasteiger charge is 2.11. The van der Waals surface area contributed by atoms with Crippen LogP contribution in [0, 0.1) is 0 Å². The number of halogens is 1. The highest BCUT2D eigenvalue weighted by molar-refractivity contribution is 6.38. The van der Waals surface area contributed by atoms with Crippen molar-refractivity contribution in [2.24, 2.45) is 0 Å². The van der Waals surface area contributed by atoms with Gasteiger partial charge in [-0.1, -0.05) is 35.9 Å². The first-order chi connectivity index (χ1) is 8.34. The van der Waals surface area contributed by atoms with Gasteiger partial charge in [0.25, 0.3) is 0 Å². The fraction of sp³-hybridized carbons (Fsp3) is 0. The van der Waals surface area contributed by atoms with Crippen molar-refractivity contribution in [3.63, 3.8) is 0 Å². The van der Waals surface area contributed by atoms with Gasteiger partial charge in [0.2, 0.25) is 0 Å². The summed E-state index contributed by atoms with van der Waals surface area (Å²) >= 11 is 6.26. The molecule has 0 fully saturated rings. The van der Waals surface area contributed by atoms with Gasteiger partial charge >= 0.3 is 0 Å². The molecule has 3 heteroatoms. The number of para-hydroxylation sites is 1. The lowest BCUT2D eigenvalue weighted by Crippen LogP contribution is -1.71. The van der Waals surface area contributed by atoms with E-state index >= 15 is 0 Å². The molecule has 2 nitrogen and oxygen atoms in total. The zero-order valence-corrected chi connectivity index (χ0v) is 9.68. The van der Waals surface area contributed by atoms with E-state index in [0.29, 0.717) is 0 Å². The summed E-state index contributed by atoms with van der Waals surface area (Å²) in [6, 6.07) is 14.2. The summed E-state index contributed by atoms with van der Waals surface area (Å²) in [7, 11) is 0. The smallest absolute Gasteiger partial charge is 0.0740 e. The molecule has 0 radical (unpaired) electrons. The molecule has 0 saturated heterocycles. The predicted octanol–water partition coefficient (Wildman–Crippen LogP) is 4.46. The molecular formula is C14H9ClN2. The Morgan fingerprint density at radius 2 is 1.53 bits per heavy atom. The Morgan fingerprint density at radius 3 is 2.47 bits per heavy atom. The zero-order valence-electron chi connectivity index (χ0n) is 8.92. The van der Waals surface area contributed by atoms with Crippen LogP contribution in [-0.2, 0) is 0 Å². The van der Waals surface area contributed by atoms with Crippen molar-refractivity contribution in [3.8, 4) is 0 Å². The number of nitrogens with one attached hydrogen (secondary N) is 2. The summed E-state index contributed by atoms with van der Waals surface area (Å²) in [6.07, 6.45) is 0. The fourth-order valence-corrected chi connectivity index (χ4v) is 2.75. The van der Waals surface area contributed by atoms with Gasteiger partial charge in [0.05, 0.1) is 16.1 Å². The molecule has 4 aromatic rings. The van der Waals surface area contributed by atoms with Crippen molar-refractivity contribution in [1.29, 1.82) is 0 Å². The van der Waals surface area contributed by atoms with Gasteiger partial charge in [0, 0.05) is 21.8 Å². The van der Waals surface area contributed by atoms with E-state index in [0.717, 1.165) is 32.5 Å². The molecule has 0 aliphatic carbocycles. The van der Waals surface area contributed by atoms with Gasteiger partial charge in [-0.15, -0.1) is 0 Å². The number of hydrogen-bond acceptors (Lipinski definition) is 0. The van der Waals surface area contributed by atoms with Crippen molar-refractivity contribution >= 4 is 44.4 Å². The summed E-state index contributed by atoms with van der Waals surface area (Å²) in [4.78, 5) is 6.85. The fourth-order valence-electron chi connectivity index (χ4n) is 2.48. The van der Waals surface area contributed by atoms with Gasteiger partial charge in [0.1, 0.15) is 0 Å². The molecule has 4 rings (SSSR count). The Bertz CT molecular complexity index is 854. The van der Waals surface area contributed by atoms with Crippen molar-refractivity contribution in [3.05, 3.63) is 47.5 Å². The first kappa shape index (κ1) is 9.14. The second-order valence-electron chi connectivity index (χ2n) is 4.21. The van der Waals surface area contributed by atoms with Gasteiger partial charge in [0.15, 0.2) is 0 Å². The molecule has 0 bridgehead atoms. The maximum absolute atomic E-state index is 6.26. The monoisotopic (exact) mass is 240 g/mol. The number of fused-ring (bicyclic) bond motifs is 5. The summed E-state index contributed by atoms with van der Waals surface area (Å²) in [5.74, 6) is 0. The molecular weight excluding hydrogens is 232 g/mol. The molecule has 0 spiro atoms. The van der Waals surface area contributed by atoms with Gasteiger partial charge in [-0.2, -0.15) is 0 Å². The predicted molar refractivity (Wildman–Crippen MR) is 72.7 cm³/mol. The largest absolute Gasteiger partial charge is 0.353 e. The Morgan fingerprint density at radius 1 is 0.765 bits per heavy atom. The van der Waals surface area contributed by atoms with E-state index in [2.05, 4.69) is 22.1 Å². The third-order valence-electron chi connectivity index (χ3n) is 3.23. The number of aromatic nitrogens is 2. The van der Waals surface area contributed by atoms with E-state index in [1.54, 1.807) is 0 Å². The van der Waals surface area contributed by atoms with Gasteiger partial charge in [-0.25, -0.2) is 0 Å². The molecule has 0 amide bonds. The van der Waals surface area contributed by atoms with Crippen LogP contribution >= 0.6 is 11.6 Å². The van der Waals surface area contributed by atoms with Crippen LogP contribution in [-0.4, -0.2) is 9.97 Å². The second-order valence-corrected chi connectivity index (χ2v) is 4.62. The van der Waals surface area contributed by atoms with Gasteiger partial charge in [-0.3, -0.25) is 0 Å². The number of hydrogen-bond donors (Lipinski definition) is 2. The van der Waals surface area contributed by atoms with Gasteiger partial charge < -0.3 is 9.97 Å². The molecule has 2 heterocycles. The van der Waals surface area contributed by atoms with Crippen molar-refractivity contribution in [1.82, 2.24) is 9.97 Å². The molecule has 0 unspecified atom stereocenters. The lowest BCUT2D eigenvalue weighted by Gasteiger charge is -1.93. The average Bonchev–Trinajstić information content (AvgIpc) is 2.85. The summed E-state index contributed by atoms with van der Waals surface area (Å²) < 4.78 is 0. The van der Waals surface area contributed by atoms with Crippen LogP contribution in [0.4, 0.5) is 0 Å². The lowest BCUT2D eigenvalue weighted by molar-refractivity contribution is 1.57. The molecule has 0 saturated carbocycles. The van der Waals surface area contributed by atoms with E-state index in [1.807, 2.05) is 30.3 Å². The van der Waals surface area contributed by atoms with Crippen molar-refractivity contribution in [2.75, 3.05) is 0 Å². The highest BCUT2D eigenvalue weighted by atomic mass is 35.5. The van der Waals surface area contributed by atoms with Crippen LogP contribution < -0.4 is 0 Å². The first-order valence-corrected chi connectivity index (χ1v) is 5.89. The van der Waals surface area contributed by atoms with E-state index < -0.39 is 0 Å². The minimum atomic E-state index is 0.778. The van der Waals surface area contributed by atoms with E-state index in [4.69, 9.17) is 11.6 Å². The van der Waals surface area contributed by atoms with Crippen molar-refractivity contribution < 1.29 is 0 Å². The third-order valence-corrected chi connectivity index (χ3v) is 3.54. The molecule has 0 aliphatic rings. The number of benzene rings is 2. The molecule has 2 aromatic heterocycles. The normalized spacial score (nSPS) is 11.8. The van der Waals surface area contributed by atoms with E-state index in [-0.39, 0.29) is 0 Å². The van der Waals surface area contributed by atoms with Crippen molar-refractivity contribution in [2.45, 2.75) is 0 Å². The average molecular weight is 241 g/mol. The molecule has 17 heavy (non-hydrogen) atoms. The van der Waals surface area contributed by atoms with Crippen LogP contribution in [0.1, 0.15) is 0 Å². The maximum atomic E-state index is 6.26. The van der Waals surface area contributed by atoms with Crippen LogP contribution in [0.2, 0.25) is 5.02 Å². The Kier molecular flexibility index (Phi) is 1.64. The molecule has 82 valence electrons. The maximum Gasteiger partial charge on any atom is 0.0740 e. The van der Waals surface area contributed by atoms with E-state index in [9.17, 15) is 0 Å². The standard InChI is InChI=1S/C14H9ClN2/c15-9-5-3-7-11-12(9)14-13(17-11)8-4-1-2-6-10(8)16-14/h1-7,16-17H. The zero-order chi connectivity index (χ0) is 11.4. The molecule has 0 atom stereocenters. The van der Waals surface area contributed by atoms with Crippen LogP contribution in [0.5, 0.6) is 0 Å². The van der Waals surface area contributed by atoms with E-state index in [1.165, 1.54) is 5.39 Å². The summed E-state index contributed by atoms with van der Waals surface area (Å²) in [6.45, 7) is 0. The van der Waals surface area contributed by atoms with Crippen LogP contribution in [0.15, 0.2) is 42.5 Å². The third kappa shape index (κ3) is 1.10. The minimum absolute atomic E-state index is 0.778. The highest BCUT2D eigenvalue weighted by Crippen LogP contribution is 2.34. The SMILES string of the molecule is Clc1cccc2[nH]c3c4ccccc4[nH]c3c12. The first-order valence-electron chi connectivity index (χ1n) is 5.51. The Labute approximate surface area is 102 Å². The topological polar surface area (TPSA) is 31.6 Å². The van der Waals surface area contributed by atoms with Crippen LogP contribution in [0.3, 0.4) is 0 Å². The Balaban J connectivity index is 2.35. The summed E-state index contributed by atoms with van der Waals surface area (Å²) in [5, 5.41) is 3.05. The molecule has 0 aliphatic heterocycles. The number of rotatable bonds is 0. The molecule has 2 aromatic carbocycles. The number of aromatic amines is 2. The second kappa shape index (κ2) is 3.05. The molecule has 2 N–H and O–H groups in total. The minimum Gasteiger partial charge on any atom is -0.353 e. The number of H-pyrrole nitrogens is 2. The van der Waals surface area contributed by atoms with Gasteiger partial charge in [-0.05, 0) is 18.2 Å².